The van der Waals surface area contributed by atoms with Crippen molar-refractivity contribution in [3.8, 4) is 22.3 Å². The summed E-state index contributed by atoms with van der Waals surface area (Å²) in [5, 5.41) is 0. The van der Waals surface area contributed by atoms with Gasteiger partial charge >= 0.3 is 0 Å². The average molecular weight is 529 g/mol. The first-order valence-corrected chi connectivity index (χ1v) is 15.1. The summed E-state index contributed by atoms with van der Waals surface area (Å²) in [6, 6.07) is 36.7. The fraction of sp³-hybridized carbons (Fsp3) is 0.211. The molecule has 0 aromatic heterocycles. The minimum Gasteiger partial charge on any atom is -0.342 e. The maximum Gasteiger partial charge on any atom is 0.252 e. The molecule has 0 radical (unpaired) electrons. The molecule has 0 spiro atoms. The molecule has 5 aromatic carbocycles. The lowest BCUT2D eigenvalue weighted by Gasteiger charge is -2.43. The number of hydrogen-bond donors (Lipinski definition) is 0. The molecular weight excluding hydrogens is 495 g/mol. The molecule has 198 valence electrons. The van der Waals surface area contributed by atoms with E-state index in [-0.39, 0.29) is 12.1 Å². The molecule has 41 heavy (non-hydrogen) atoms. The van der Waals surface area contributed by atoms with E-state index in [1.165, 1.54) is 78.1 Å². The van der Waals surface area contributed by atoms with Gasteiger partial charge in [0.05, 0.1) is 0 Å². The topological polar surface area (TPSA) is 6.48 Å². The molecule has 0 amide bonds. The van der Waals surface area contributed by atoms with Crippen LogP contribution in [0.1, 0.15) is 37.5 Å². The molecule has 2 nitrogen and oxygen atoms in total. The minimum absolute atomic E-state index is 0.0739. The fourth-order valence-corrected chi connectivity index (χ4v) is 8.12. The molecule has 0 saturated carbocycles. The van der Waals surface area contributed by atoms with Gasteiger partial charge in [0.1, 0.15) is 0 Å². The second kappa shape index (κ2) is 8.16. The SMILES string of the molecule is CC(C)(C)c1cc2c3c(c1)N1CCc4c(-c5ccccc5)ccc(c41)B3c1ccc(-c3ccccc3)c3c1N2CC3. The summed E-state index contributed by atoms with van der Waals surface area (Å²) in [5.41, 5.74) is 20.2. The van der Waals surface area contributed by atoms with Crippen LogP contribution in [-0.2, 0) is 18.3 Å². The van der Waals surface area contributed by atoms with Crippen molar-refractivity contribution < 1.29 is 0 Å². The third-order valence-electron chi connectivity index (χ3n) is 10.0. The van der Waals surface area contributed by atoms with Crippen LogP contribution in [0.5, 0.6) is 0 Å². The lowest BCUT2D eigenvalue weighted by atomic mass is 9.33. The molecule has 0 N–H and O–H groups in total. The van der Waals surface area contributed by atoms with Crippen LogP contribution >= 0.6 is 0 Å². The first-order valence-electron chi connectivity index (χ1n) is 15.1. The predicted octanol–water partition coefficient (Wildman–Crippen LogP) is 6.85. The van der Waals surface area contributed by atoms with Crippen LogP contribution in [0.4, 0.5) is 22.7 Å². The summed E-state index contributed by atoms with van der Waals surface area (Å²) >= 11 is 0. The van der Waals surface area contributed by atoms with E-state index >= 15 is 0 Å². The van der Waals surface area contributed by atoms with Crippen LogP contribution in [0.3, 0.4) is 0 Å². The Labute approximate surface area is 243 Å². The maximum atomic E-state index is 2.67. The molecule has 0 aliphatic carbocycles. The quantitative estimate of drug-likeness (QED) is 0.231. The number of benzene rings is 5. The van der Waals surface area contributed by atoms with E-state index in [9.17, 15) is 0 Å². The van der Waals surface area contributed by atoms with Crippen LogP contribution in [0.2, 0.25) is 0 Å². The Balaban J connectivity index is 1.34. The molecular formula is C38H33BN2. The van der Waals surface area contributed by atoms with Crippen molar-refractivity contribution >= 4 is 45.9 Å². The molecule has 0 atom stereocenters. The molecule has 0 fully saturated rings. The van der Waals surface area contributed by atoms with Crippen LogP contribution in [0.25, 0.3) is 22.3 Å². The number of fused-ring (bicyclic) bond motifs is 4. The van der Waals surface area contributed by atoms with E-state index < -0.39 is 0 Å². The zero-order valence-corrected chi connectivity index (χ0v) is 24.0. The highest BCUT2D eigenvalue weighted by atomic mass is 15.2. The van der Waals surface area contributed by atoms with E-state index in [1.54, 1.807) is 0 Å². The zero-order chi connectivity index (χ0) is 27.5. The Morgan fingerprint density at radius 2 is 1.05 bits per heavy atom. The maximum absolute atomic E-state index is 2.67. The van der Waals surface area contributed by atoms with Gasteiger partial charge in [-0.2, -0.15) is 0 Å². The molecule has 9 rings (SSSR count). The molecule has 0 bridgehead atoms. The summed E-state index contributed by atoms with van der Waals surface area (Å²) in [6.45, 7) is 9.43. The van der Waals surface area contributed by atoms with Gasteiger partial charge in [-0.1, -0.05) is 106 Å². The molecule has 4 heterocycles. The molecule has 0 unspecified atom stereocenters. The molecule has 4 aliphatic rings. The highest BCUT2D eigenvalue weighted by molar-refractivity contribution is 7.00. The Hall–Kier alpha value is -4.24. The number of anilines is 4. The monoisotopic (exact) mass is 528 g/mol. The zero-order valence-electron chi connectivity index (χ0n) is 24.0. The van der Waals surface area contributed by atoms with Crippen molar-refractivity contribution in [3.05, 3.63) is 114 Å². The normalized spacial score (nSPS) is 15.6. The highest BCUT2D eigenvalue weighted by Gasteiger charge is 2.47. The molecule has 5 aromatic rings. The van der Waals surface area contributed by atoms with Crippen molar-refractivity contribution in [2.75, 3.05) is 22.9 Å². The van der Waals surface area contributed by atoms with Gasteiger partial charge in [0.15, 0.2) is 0 Å². The molecule has 0 saturated heterocycles. The van der Waals surface area contributed by atoms with Crippen LogP contribution < -0.4 is 26.2 Å². The van der Waals surface area contributed by atoms with E-state index in [4.69, 9.17) is 0 Å². The van der Waals surface area contributed by atoms with Crippen LogP contribution in [0.15, 0.2) is 97.1 Å². The van der Waals surface area contributed by atoms with Gasteiger partial charge in [0.2, 0.25) is 0 Å². The van der Waals surface area contributed by atoms with Gasteiger partial charge in [-0.15, -0.1) is 0 Å². The van der Waals surface area contributed by atoms with Crippen molar-refractivity contribution in [3.63, 3.8) is 0 Å². The second-order valence-corrected chi connectivity index (χ2v) is 13.2. The second-order valence-electron chi connectivity index (χ2n) is 13.2. The predicted molar refractivity (Wildman–Crippen MR) is 175 cm³/mol. The van der Waals surface area contributed by atoms with Gasteiger partial charge in [-0.3, -0.25) is 0 Å². The summed E-state index contributed by atoms with van der Waals surface area (Å²) in [7, 11) is 0. The summed E-state index contributed by atoms with van der Waals surface area (Å²) in [5.74, 6) is 0. The number of nitrogens with zero attached hydrogens (tertiary/aromatic N) is 2. The third-order valence-corrected chi connectivity index (χ3v) is 10.0. The Kier molecular flexibility index (Phi) is 4.67. The number of rotatable bonds is 2. The summed E-state index contributed by atoms with van der Waals surface area (Å²) in [4.78, 5) is 5.34. The van der Waals surface area contributed by atoms with Gasteiger partial charge in [-0.05, 0) is 85.7 Å². The molecule has 3 heteroatoms. The molecule has 4 aliphatic heterocycles. The standard InChI is InChI=1S/C38H33BN2/c1-38(2,3)26-22-33-35-34(23-26)41-21-19-30-28(25-12-8-5-9-13-25)15-17-32(37(30)41)39(35)31-16-14-27(24-10-6-4-7-11-24)29-18-20-40(33)36(29)31/h4-17,22-23H,18-21H2,1-3H3. The van der Waals surface area contributed by atoms with E-state index in [1.807, 2.05) is 0 Å². The third kappa shape index (κ3) is 3.15. The van der Waals surface area contributed by atoms with Gasteiger partial charge in [-0.25, -0.2) is 0 Å². The summed E-state index contributed by atoms with van der Waals surface area (Å²) < 4.78 is 0. The van der Waals surface area contributed by atoms with Crippen molar-refractivity contribution in [2.24, 2.45) is 0 Å². The first-order chi connectivity index (χ1) is 20.0. The first kappa shape index (κ1) is 23.5. The smallest absolute Gasteiger partial charge is 0.252 e. The van der Waals surface area contributed by atoms with E-state index in [0.717, 1.165) is 25.9 Å². The van der Waals surface area contributed by atoms with Crippen LogP contribution in [-0.4, -0.2) is 19.8 Å². The Bertz CT molecular complexity index is 1760. The summed E-state index contributed by atoms with van der Waals surface area (Å²) in [6.07, 6.45) is 2.17. The fourth-order valence-electron chi connectivity index (χ4n) is 8.12. The van der Waals surface area contributed by atoms with Gasteiger partial charge in [0, 0.05) is 35.8 Å². The highest BCUT2D eigenvalue weighted by Crippen LogP contribution is 2.48. The van der Waals surface area contributed by atoms with Crippen molar-refractivity contribution in [1.29, 1.82) is 0 Å². The largest absolute Gasteiger partial charge is 0.342 e. The average Bonchev–Trinajstić information content (AvgIpc) is 3.64. The number of hydrogen-bond acceptors (Lipinski definition) is 2. The van der Waals surface area contributed by atoms with E-state index in [0.29, 0.717) is 0 Å². The van der Waals surface area contributed by atoms with E-state index in [2.05, 4.69) is 128 Å². The van der Waals surface area contributed by atoms with Gasteiger partial charge in [0.25, 0.3) is 6.71 Å². The van der Waals surface area contributed by atoms with Gasteiger partial charge < -0.3 is 9.80 Å². The lowest BCUT2D eigenvalue weighted by molar-refractivity contribution is 0.590. The van der Waals surface area contributed by atoms with Crippen molar-refractivity contribution in [1.82, 2.24) is 0 Å². The Morgan fingerprint density at radius 1 is 0.585 bits per heavy atom. The lowest BCUT2D eigenvalue weighted by Crippen LogP contribution is -2.61. The minimum atomic E-state index is 0.0739. The van der Waals surface area contributed by atoms with Crippen LogP contribution in [0, 0.1) is 0 Å². The van der Waals surface area contributed by atoms with Crippen molar-refractivity contribution in [2.45, 2.75) is 39.0 Å². The Morgan fingerprint density at radius 3 is 1.49 bits per heavy atom.